The number of benzene rings is 1. The van der Waals surface area contributed by atoms with Crippen molar-refractivity contribution in [2.75, 3.05) is 19.8 Å². The molecule has 0 aromatic heterocycles. The van der Waals surface area contributed by atoms with Gasteiger partial charge in [-0.15, -0.1) is 17.0 Å². The lowest BCUT2D eigenvalue weighted by Crippen LogP contribution is -2.36. The van der Waals surface area contributed by atoms with Crippen LogP contribution in [0.25, 0.3) is 6.08 Å². The number of hydrogen-bond donors (Lipinski definition) is 2. The molecule has 0 spiro atoms. The summed E-state index contributed by atoms with van der Waals surface area (Å²) in [6.07, 6.45) is 2.93. The summed E-state index contributed by atoms with van der Waals surface area (Å²) in [6.45, 7) is 10.9. The van der Waals surface area contributed by atoms with E-state index in [1.807, 2.05) is 0 Å². The molecule has 0 aliphatic carbocycles. The Morgan fingerprint density at radius 2 is 1.60 bits per heavy atom. The van der Waals surface area contributed by atoms with Crippen LogP contribution in [0.15, 0.2) is 52.9 Å². The fraction of sp³-hybridized carbons (Fsp3) is 0.423. The van der Waals surface area contributed by atoms with Crippen LogP contribution >= 0.6 is 17.0 Å². The number of nitrogens with one attached hydrogen (secondary N) is 1. The van der Waals surface area contributed by atoms with Gasteiger partial charge in [0, 0.05) is 24.0 Å². The van der Waals surface area contributed by atoms with Crippen molar-refractivity contribution in [3.05, 3.63) is 64.0 Å². The molecule has 3 N–H and O–H groups in total. The van der Waals surface area contributed by atoms with Crippen LogP contribution in [0.4, 0.5) is 0 Å². The second kappa shape index (κ2) is 13.3. The maximum Gasteiger partial charge on any atom is 0.336 e. The van der Waals surface area contributed by atoms with Gasteiger partial charge in [-0.2, -0.15) is 0 Å². The van der Waals surface area contributed by atoms with Crippen molar-refractivity contribution in [1.29, 1.82) is 0 Å². The van der Waals surface area contributed by atoms with Crippen LogP contribution in [0.3, 0.4) is 0 Å². The summed E-state index contributed by atoms with van der Waals surface area (Å²) in [5.41, 5.74) is 8.08. The van der Waals surface area contributed by atoms with Gasteiger partial charge in [0.05, 0.1) is 30.3 Å². The van der Waals surface area contributed by atoms with E-state index in [0.29, 0.717) is 22.5 Å². The van der Waals surface area contributed by atoms with E-state index in [4.69, 9.17) is 19.9 Å². The molecule has 0 fully saturated rings. The third kappa shape index (κ3) is 7.80. The van der Waals surface area contributed by atoms with E-state index >= 15 is 0 Å². The highest BCUT2D eigenvalue weighted by Crippen LogP contribution is 2.40. The quantitative estimate of drug-likeness (QED) is 0.284. The summed E-state index contributed by atoms with van der Waals surface area (Å²) in [4.78, 5) is 38.4. The molecule has 1 aromatic rings. The fourth-order valence-electron chi connectivity index (χ4n) is 3.72. The number of esters is 3. The van der Waals surface area contributed by atoms with E-state index in [0.717, 1.165) is 0 Å². The first kappa shape index (κ1) is 30.1. The fourth-order valence-corrected chi connectivity index (χ4v) is 3.72. The molecule has 1 unspecified atom stereocenters. The molecule has 0 saturated heterocycles. The number of carbonyl (C=O) groups is 3. The number of allylic oxidation sites excluding steroid dienone is 1. The number of rotatable bonds is 8. The van der Waals surface area contributed by atoms with Gasteiger partial charge < -0.3 is 25.3 Å². The maximum absolute atomic E-state index is 13.1. The first-order valence-electron chi connectivity index (χ1n) is 11.3. The van der Waals surface area contributed by atoms with Crippen LogP contribution in [0.1, 0.15) is 58.6 Å². The van der Waals surface area contributed by atoms with Gasteiger partial charge in [0.1, 0.15) is 5.60 Å². The van der Waals surface area contributed by atoms with Crippen LogP contribution in [0, 0.1) is 0 Å². The van der Waals surface area contributed by atoms with Gasteiger partial charge >= 0.3 is 17.9 Å². The predicted molar refractivity (Wildman–Crippen MR) is 140 cm³/mol. The lowest BCUT2D eigenvalue weighted by atomic mass is 9.78. The highest BCUT2D eigenvalue weighted by molar-refractivity contribution is 8.93. The summed E-state index contributed by atoms with van der Waals surface area (Å²) in [7, 11) is 0. The normalized spacial score (nSPS) is 15.9. The molecular weight excluding hydrogens is 516 g/mol. The van der Waals surface area contributed by atoms with Crippen LogP contribution in [-0.4, -0.2) is 43.3 Å². The number of hydrogen-bond acceptors (Lipinski definition) is 8. The third-order valence-electron chi connectivity index (χ3n) is 4.95. The standard InChI is InChI=1S/C26H34N2O6.BrH/c1-7-32-24(30)21-16(3)28-19(15-27)23(25(31)33-8-2)22(21)18-12-10-9-11-17(18)13-14-20(29)34-26(4,5)6;/h9-14,22,28H,7-8,15,27H2,1-6H3;1H/b14-13+;. The number of carbonyl (C=O) groups excluding carboxylic acids is 3. The molecule has 1 heterocycles. The van der Waals surface area contributed by atoms with Crippen molar-refractivity contribution in [2.24, 2.45) is 5.73 Å². The molecule has 0 bridgehead atoms. The number of ether oxygens (including phenoxy) is 3. The third-order valence-corrected chi connectivity index (χ3v) is 4.95. The molecule has 2 rings (SSSR count). The Morgan fingerprint density at radius 3 is 2.14 bits per heavy atom. The van der Waals surface area contributed by atoms with Crippen molar-refractivity contribution in [1.82, 2.24) is 5.32 Å². The molecule has 1 aromatic carbocycles. The first-order valence-corrected chi connectivity index (χ1v) is 11.3. The number of nitrogens with two attached hydrogens (primary N) is 1. The smallest absolute Gasteiger partial charge is 0.336 e. The highest BCUT2D eigenvalue weighted by atomic mass is 79.9. The first-order chi connectivity index (χ1) is 16.0. The zero-order valence-electron chi connectivity index (χ0n) is 21.1. The Bertz CT molecular complexity index is 1040. The Morgan fingerprint density at radius 1 is 1.03 bits per heavy atom. The Hall–Kier alpha value is -2.91. The van der Waals surface area contributed by atoms with Gasteiger partial charge in [0.2, 0.25) is 0 Å². The van der Waals surface area contributed by atoms with Gasteiger partial charge in [0.15, 0.2) is 0 Å². The van der Waals surface area contributed by atoms with Crippen molar-refractivity contribution in [3.8, 4) is 0 Å². The summed E-state index contributed by atoms with van der Waals surface area (Å²) in [5, 5.41) is 3.08. The Balaban J connectivity index is 0.00000612. The van der Waals surface area contributed by atoms with E-state index in [-0.39, 0.29) is 47.9 Å². The molecule has 0 radical (unpaired) electrons. The van der Waals surface area contributed by atoms with E-state index in [1.165, 1.54) is 6.08 Å². The molecule has 35 heavy (non-hydrogen) atoms. The number of dihydropyridines is 1. The molecule has 8 nitrogen and oxygen atoms in total. The maximum atomic E-state index is 13.1. The van der Waals surface area contributed by atoms with Gasteiger partial charge in [0.25, 0.3) is 0 Å². The van der Waals surface area contributed by atoms with Gasteiger partial charge in [-0.1, -0.05) is 24.3 Å². The van der Waals surface area contributed by atoms with E-state index < -0.39 is 29.4 Å². The van der Waals surface area contributed by atoms with Crippen molar-refractivity contribution < 1.29 is 28.6 Å². The zero-order valence-corrected chi connectivity index (χ0v) is 22.8. The molecule has 0 saturated carbocycles. The second-order valence-electron chi connectivity index (χ2n) is 8.63. The molecule has 1 aliphatic rings. The average Bonchev–Trinajstić information content (AvgIpc) is 2.76. The van der Waals surface area contributed by atoms with E-state index in [9.17, 15) is 14.4 Å². The Labute approximate surface area is 217 Å². The number of halogens is 1. The summed E-state index contributed by atoms with van der Waals surface area (Å²) < 4.78 is 16.0. The van der Waals surface area contributed by atoms with Crippen molar-refractivity contribution >= 4 is 41.0 Å². The van der Waals surface area contributed by atoms with Gasteiger partial charge in [-0.3, -0.25) is 0 Å². The summed E-state index contributed by atoms with van der Waals surface area (Å²) >= 11 is 0. The van der Waals surface area contributed by atoms with E-state index in [2.05, 4.69) is 5.32 Å². The summed E-state index contributed by atoms with van der Waals surface area (Å²) in [6, 6.07) is 7.19. The molecule has 9 heteroatoms. The predicted octanol–water partition coefficient (Wildman–Crippen LogP) is 3.92. The van der Waals surface area contributed by atoms with Crippen molar-refractivity contribution in [3.63, 3.8) is 0 Å². The monoisotopic (exact) mass is 550 g/mol. The molecule has 192 valence electrons. The molecule has 1 aliphatic heterocycles. The summed E-state index contributed by atoms with van der Waals surface area (Å²) in [5.74, 6) is -2.45. The van der Waals surface area contributed by atoms with Crippen LogP contribution in [0.2, 0.25) is 0 Å². The lowest BCUT2D eigenvalue weighted by molar-refractivity contribution is -0.148. The van der Waals surface area contributed by atoms with Crippen LogP contribution in [-0.2, 0) is 28.6 Å². The van der Waals surface area contributed by atoms with Crippen LogP contribution in [0.5, 0.6) is 0 Å². The zero-order chi connectivity index (χ0) is 25.5. The van der Waals surface area contributed by atoms with Crippen LogP contribution < -0.4 is 11.1 Å². The molecule has 1 atom stereocenters. The SMILES string of the molecule is Br.CCOC(=O)C1=C(C)NC(CN)=C(C(=O)OCC)C1c1ccccc1/C=C/C(=O)OC(C)(C)C. The largest absolute Gasteiger partial charge is 0.463 e. The van der Waals surface area contributed by atoms with E-state index in [1.54, 1.807) is 71.9 Å². The van der Waals surface area contributed by atoms with Crippen molar-refractivity contribution in [2.45, 2.75) is 53.1 Å². The second-order valence-corrected chi connectivity index (χ2v) is 8.63. The minimum absolute atomic E-state index is 0. The lowest BCUT2D eigenvalue weighted by Gasteiger charge is -2.32. The van der Waals surface area contributed by atoms with Gasteiger partial charge in [-0.25, -0.2) is 14.4 Å². The molecular formula is C26H35BrN2O6. The minimum atomic E-state index is -0.808. The molecule has 0 amide bonds. The minimum Gasteiger partial charge on any atom is -0.463 e. The Kier molecular flexibility index (Phi) is 11.4. The average molecular weight is 551 g/mol. The highest BCUT2D eigenvalue weighted by Gasteiger charge is 2.39. The topological polar surface area (TPSA) is 117 Å². The van der Waals surface area contributed by atoms with Gasteiger partial charge in [-0.05, 0) is 58.7 Å².